The van der Waals surface area contributed by atoms with E-state index in [1.807, 2.05) is 39.8 Å². The molecule has 6 nitrogen and oxygen atoms in total. The highest BCUT2D eigenvalue weighted by molar-refractivity contribution is 5.73. The number of hydrogen-bond donors (Lipinski definition) is 0. The van der Waals surface area contributed by atoms with E-state index in [1.165, 1.54) is 0 Å². The minimum atomic E-state index is -0.505. The highest BCUT2D eigenvalue weighted by atomic mass is 16.6. The SMILES string of the molecule is CCCc1cc(C2=CCN(C(=O)OC(C)(C)C)CC2)ccc1[N+](=O)[O-]. The molecule has 1 aromatic carbocycles. The van der Waals surface area contributed by atoms with Crippen molar-refractivity contribution >= 4 is 17.4 Å². The second kappa shape index (κ2) is 7.68. The maximum atomic E-state index is 12.1. The van der Waals surface area contributed by atoms with Gasteiger partial charge in [-0.05, 0) is 56.9 Å². The molecule has 0 N–H and O–H groups in total. The first kappa shape index (κ1) is 19.0. The minimum Gasteiger partial charge on any atom is -0.444 e. The highest BCUT2D eigenvalue weighted by Crippen LogP contribution is 2.28. The molecule has 0 radical (unpaired) electrons. The Morgan fingerprint density at radius 2 is 2.08 bits per heavy atom. The van der Waals surface area contributed by atoms with Gasteiger partial charge in [-0.1, -0.05) is 19.4 Å². The van der Waals surface area contributed by atoms with Gasteiger partial charge >= 0.3 is 6.09 Å². The highest BCUT2D eigenvalue weighted by Gasteiger charge is 2.24. The molecule has 136 valence electrons. The summed E-state index contributed by atoms with van der Waals surface area (Å²) in [4.78, 5) is 24.6. The van der Waals surface area contributed by atoms with E-state index in [2.05, 4.69) is 0 Å². The molecule has 1 amide bonds. The molecule has 0 aliphatic carbocycles. The second-order valence-corrected chi connectivity index (χ2v) is 7.26. The summed E-state index contributed by atoms with van der Waals surface area (Å²) in [5, 5.41) is 11.1. The first-order valence-corrected chi connectivity index (χ1v) is 8.66. The molecule has 6 heteroatoms. The average molecular weight is 346 g/mol. The van der Waals surface area contributed by atoms with Crippen molar-refractivity contribution in [3.8, 4) is 0 Å². The average Bonchev–Trinajstić information content (AvgIpc) is 2.53. The zero-order valence-corrected chi connectivity index (χ0v) is 15.4. The Labute approximate surface area is 148 Å². The van der Waals surface area contributed by atoms with Gasteiger partial charge in [0.2, 0.25) is 0 Å². The van der Waals surface area contributed by atoms with Crippen LogP contribution >= 0.6 is 0 Å². The Bertz CT molecular complexity index is 689. The van der Waals surface area contributed by atoms with Crippen LogP contribution in [-0.4, -0.2) is 34.6 Å². The van der Waals surface area contributed by atoms with Crippen LogP contribution in [0.4, 0.5) is 10.5 Å². The summed E-state index contributed by atoms with van der Waals surface area (Å²) in [6.07, 6.45) is 3.95. The van der Waals surface area contributed by atoms with Crippen molar-refractivity contribution in [1.29, 1.82) is 0 Å². The van der Waals surface area contributed by atoms with Gasteiger partial charge < -0.3 is 9.64 Å². The summed E-state index contributed by atoms with van der Waals surface area (Å²) in [6, 6.07) is 5.30. The second-order valence-electron chi connectivity index (χ2n) is 7.26. The van der Waals surface area contributed by atoms with Crippen molar-refractivity contribution in [2.45, 2.75) is 52.6 Å². The number of nitro groups is 1. The predicted octanol–water partition coefficient (Wildman–Crippen LogP) is 4.57. The summed E-state index contributed by atoms with van der Waals surface area (Å²) in [7, 11) is 0. The molecule has 0 saturated heterocycles. The lowest BCUT2D eigenvalue weighted by Crippen LogP contribution is -2.39. The Balaban J connectivity index is 2.14. The van der Waals surface area contributed by atoms with E-state index in [9.17, 15) is 14.9 Å². The number of aryl methyl sites for hydroxylation is 1. The number of nitro benzene ring substituents is 1. The van der Waals surface area contributed by atoms with E-state index in [0.717, 1.165) is 23.1 Å². The zero-order chi connectivity index (χ0) is 18.6. The lowest BCUT2D eigenvalue weighted by Gasteiger charge is -2.29. The number of carbonyl (C=O) groups excluding carboxylic acids is 1. The predicted molar refractivity (Wildman–Crippen MR) is 97.5 cm³/mol. The van der Waals surface area contributed by atoms with Crippen molar-refractivity contribution in [3.63, 3.8) is 0 Å². The Kier molecular flexibility index (Phi) is 5.82. The largest absolute Gasteiger partial charge is 0.444 e. The summed E-state index contributed by atoms with van der Waals surface area (Å²) < 4.78 is 5.39. The van der Waals surface area contributed by atoms with Crippen LogP contribution in [0.25, 0.3) is 5.57 Å². The Morgan fingerprint density at radius 3 is 2.60 bits per heavy atom. The minimum absolute atomic E-state index is 0.178. The summed E-state index contributed by atoms with van der Waals surface area (Å²) in [5.74, 6) is 0. The van der Waals surface area contributed by atoms with Crippen LogP contribution in [0, 0.1) is 10.1 Å². The van der Waals surface area contributed by atoms with Crippen molar-refractivity contribution in [2.24, 2.45) is 0 Å². The van der Waals surface area contributed by atoms with E-state index in [1.54, 1.807) is 17.0 Å². The lowest BCUT2D eigenvalue weighted by molar-refractivity contribution is -0.385. The first-order chi connectivity index (χ1) is 11.7. The number of amides is 1. The molecular formula is C19H26N2O4. The van der Waals surface area contributed by atoms with Crippen LogP contribution in [0.15, 0.2) is 24.3 Å². The molecule has 0 aromatic heterocycles. The van der Waals surface area contributed by atoms with Crippen LogP contribution in [0.2, 0.25) is 0 Å². The van der Waals surface area contributed by atoms with Crippen LogP contribution in [0.1, 0.15) is 51.7 Å². The molecule has 0 spiro atoms. The van der Waals surface area contributed by atoms with Crippen LogP contribution in [-0.2, 0) is 11.2 Å². The number of carbonyl (C=O) groups is 1. The molecule has 1 aliphatic heterocycles. The fourth-order valence-corrected chi connectivity index (χ4v) is 2.86. The molecule has 0 atom stereocenters. The molecule has 1 aliphatic rings. The first-order valence-electron chi connectivity index (χ1n) is 8.66. The summed E-state index contributed by atoms with van der Waals surface area (Å²) in [5.41, 5.74) is 2.55. The number of rotatable bonds is 4. The number of hydrogen-bond acceptors (Lipinski definition) is 4. The lowest BCUT2D eigenvalue weighted by atomic mass is 9.96. The van der Waals surface area contributed by atoms with Crippen LogP contribution < -0.4 is 0 Å². The third kappa shape index (κ3) is 5.05. The Morgan fingerprint density at radius 1 is 1.36 bits per heavy atom. The van der Waals surface area contributed by atoms with Gasteiger partial charge in [0.05, 0.1) is 4.92 Å². The third-order valence-electron chi connectivity index (χ3n) is 4.03. The van der Waals surface area contributed by atoms with Crippen molar-refractivity contribution in [2.75, 3.05) is 13.1 Å². The summed E-state index contributed by atoms with van der Waals surface area (Å²) >= 11 is 0. The van der Waals surface area contributed by atoms with Gasteiger partial charge in [-0.2, -0.15) is 0 Å². The standard InChI is InChI=1S/C19H26N2O4/c1-5-6-16-13-15(7-8-17(16)21(23)24)14-9-11-20(12-10-14)18(22)25-19(2,3)4/h7-9,13H,5-6,10-12H2,1-4H3. The Hall–Kier alpha value is -2.37. The quantitative estimate of drug-likeness (QED) is 0.591. The van der Waals surface area contributed by atoms with Gasteiger partial charge in [-0.3, -0.25) is 10.1 Å². The normalized spacial score (nSPS) is 14.9. The summed E-state index contributed by atoms with van der Waals surface area (Å²) in [6.45, 7) is 8.63. The van der Waals surface area contributed by atoms with Crippen molar-refractivity contribution < 1.29 is 14.5 Å². The van der Waals surface area contributed by atoms with Crippen molar-refractivity contribution in [3.05, 3.63) is 45.5 Å². The monoisotopic (exact) mass is 346 g/mol. The smallest absolute Gasteiger partial charge is 0.410 e. The fraction of sp³-hybridized carbons (Fsp3) is 0.526. The molecular weight excluding hydrogens is 320 g/mol. The molecule has 1 aromatic rings. The van der Waals surface area contributed by atoms with Gasteiger partial charge in [-0.15, -0.1) is 0 Å². The molecule has 0 bridgehead atoms. The van der Waals surface area contributed by atoms with Crippen molar-refractivity contribution in [1.82, 2.24) is 4.90 Å². The van der Waals surface area contributed by atoms with E-state index in [4.69, 9.17) is 4.74 Å². The topological polar surface area (TPSA) is 72.7 Å². The number of ether oxygens (including phenoxy) is 1. The van der Waals surface area contributed by atoms with Gasteiger partial charge in [0.25, 0.3) is 5.69 Å². The maximum Gasteiger partial charge on any atom is 0.410 e. The van der Waals surface area contributed by atoms with E-state index in [0.29, 0.717) is 25.9 Å². The zero-order valence-electron chi connectivity index (χ0n) is 15.4. The van der Waals surface area contributed by atoms with Gasteiger partial charge in [-0.25, -0.2) is 4.79 Å². The van der Waals surface area contributed by atoms with E-state index < -0.39 is 5.60 Å². The molecule has 1 heterocycles. The molecule has 0 saturated carbocycles. The molecule has 2 rings (SSSR count). The molecule has 25 heavy (non-hydrogen) atoms. The number of nitrogens with zero attached hydrogens (tertiary/aromatic N) is 2. The van der Waals surface area contributed by atoms with Gasteiger partial charge in [0, 0.05) is 24.7 Å². The van der Waals surface area contributed by atoms with Crippen LogP contribution in [0.5, 0.6) is 0 Å². The fourth-order valence-electron chi connectivity index (χ4n) is 2.86. The molecule has 0 fully saturated rings. The van der Waals surface area contributed by atoms with E-state index in [-0.39, 0.29) is 16.7 Å². The van der Waals surface area contributed by atoms with E-state index >= 15 is 0 Å². The van der Waals surface area contributed by atoms with Gasteiger partial charge in [0.15, 0.2) is 0 Å². The maximum absolute atomic E-state index is 12.1. The molecule has 0 unspecified atom stereocenters. The number of benzene rings is 1. The van der Waals surface area contributed by atoms with Crippen LogP contribution in [0.3, 0.4) is 0 Å². The third-order valence-corrected chi connectivity index (χ3v) is 4.03. The van der Waals surface area contributed by atoms with Gasteiger partial charge in [0.1, 0.15) is 5.60 Å².